The predicted octanol–water partition coefficient (Wildman–Crippen LogP) is 5.50. The lowest BCUT2D eigenvalue weighted by atomic mass is 9.52. The van der Waals surface area contributed by atoms with Crippen molar-refractivity contribution in [1.82, 2.24) is 0 Å². The molecule has 0 aromatic rings. The number of rotatable bonds is 7. The molecule has 0 heterocycles. The van der Waals surface area contributed by atoms with Gasteiger partial charge in [0.15, 0.2) is 6.10 Å². The van der Waals surface area contributed by atoms with Crippen molar-refractivity contribution in [3.63, 3.8) is 0 Å². The second kappa shape index (κ2) is 8.30. The van der Waals surface area contributed by atoms with Gasteiger partial charge in [-0.3, -0.25) is 4.79 Å². The Morgan fingerprint density at radius 1 is 0.939 bits per heavy atom. The third kappa shape index (κ3) is 5.43. The second-order valence-electron chi connectivity index (χ2n) is 10.6. The van der Waals surface area contributed by atoms with Gasteiger partial charge < -0.3 is 14.2 Å². The molecule has 4 fully saturated rings. The molecule has 0 N–H and O–H groups in total. The zero-order chi connectivity index (χ0) is 25.0. The number of esters is 2. The number of alkyl halides is 6. The molecule has 4 rings (SSSR count). The number of hydrogen-bond donors (Lipinski definition) is 0. The Morgan fingerprint density at radius 3 is 1.88 bits per heavy atom. The van der Waals surface area contributed by atoms with Gasteiger partial charge in [0.2, 0.25) is 0 Å². The predicted molar refractivity (Wildman–Crippen MR) is 103 cm³/mol. The fourth-order valence-corrected chi connectivity index (χ4v) is 5.79. The summed E-state index contributed by atoms with van der Waals surface area (Å²) in [6.45, 7) is 6.51. The largest absolute Gasteiger partial charge is 0.459 e. The van der Waals surface area contributed by atoms with E-state index in [2.05, 4.69) is 4.74 Å². The van der Waals surface area contributed by atoms with Gasteiger partial charge in [0.05, 0.1) is 11.0 Å². The Labute approximate surface area is 188 Å². The van der Waals surface area contributed by atoms with E-state index in [0.29, 0.717) is 32.1 Å². The summed E-state index contributed by atoms with van der Waals surface area (Å²) < 4.78 is 92.3. The molecule has 11 heteroatoms. The van der Waals surface area contributed by atoms with Crippen LogP contribution in [-0.2, 0) is 23.8 Å². The summed E-state index contributed by atoms with van der Waals surface area (Å²) >= 11 is 0. The first-order valence-corrected chi connectivity index (χ1v) is 11.2. The molecule has 33 heavy (non-hydrogen) atoms. The molecule has 3 atom stereocenters. The summed E-state index contributed by atoms with van der Waals surface area (Å²) in [4.78, 5) is 24.9. The van der Waals surface area contributed by atoms with E-state index < -0.39 is 47.1 Å². The van der Waals surface area contributed by atoms with Crippen LogP contribution in [0.1, 0.15) is 72.6 Å². The number of hydrogen-bond acceptors (Lipinski definition) is 5. The van der Waals surface area contributed by atoms with Crippen LogP contribution in [0.3, 0.4) is 0 Å². The normalized spacial score (nSPS) is 32.7. The van der Waals surface area contributed by atoms with Crippen molar-refractivity contribution in [3.05, 3.63) is 0 Å². The van der Waals surface area contributed by atoms with Crippen LogP contribution in [0.2, 0.25) is 0 Å². The van der Waals surface area contributed by atoms with Gasteiger partial charge in [0, 0.05) is 6.42 Å². The number of carbonyl (C=O) groups excluding carboxylic acids is 2. The van der Waals surface area contributed by atoms with Crippen molar-refractivity contribution >= 4 is 11.9 Å². The monoisotopic (exact) mass is 488 g/mol. The van der Waals surface area contributed by atoms with Crippen molar-refractivity contribution in [1.29, 1.82) is 0 Å². The highest BCUT2D eigenvalue weighted by Crippen LogP contribution is 2.60. The topological polar surface area (TPSA) is 61.8 Å². The summed E-state index contributed by atoms with van der Waals surface area (Å²) in [5, 5.41) is 0. The van der Waals surface area contributed by atoms with E-state index in [1.807, 2.05) is 6.92 Å². The van der Waals surface area contributed by atoms with Gasteiger partial charge in [-0.1, -0.05) is 6.92 Å². The molecule has 5 nitrogen and oxygen atoms in total. The molecule has 190 valence electrons. The molecule has 4 aliphatic carbocycles. The van der Waals surface area contributed by atoms with Crippen LogP contribution in [0.25, 0.3) is 0 Å². The lowest BCUT2D eigenvalue weighted by Crippen LogP contribution is -2.62. The fraction of sp³-hybridized carbons (Fsp3) is 0.909. The Bertz CT molecular complexity index is 746. The third-order valence-electron chi connectivity index (χ3n) is 7.29. The second-order valence-corrected chi connectivity index (χ2v) is 10.6. The molecule has 0 radical (unpaired) electrons. The maximum atomic E-state index is 12.8. The quantitative estimate of drug-likeness (QED) is 0.350. The summed E-state index contributed by atoms with van der Waals surface area (Å²) in [6.07, 6.45) is -13.5. The van der Waals surface area contributed by atoms with Crippen LogP contribution < -0.4 is 0 Å². The van der Waals surface area contributed by atoms with Gasteiger partial charge in [-0.25, -0.2) is 4.79 Å². The van der Waals surface area contributed by atoms with Gasteiger partial charge in [0.25, 0.3) is 6.10 Å². The zero-order valence-electron chi connectivity index (χ0n) is 19.1. The highest BCUT2D eigenvalue weighted by molar-refractivity contribution is 5.76. The lowest BCUT2D eigenvalue weighted by Gasteiger charge is -2.61. The van der Waals surface area contributed by atoms with Gasteiger partial charge in [-0.05, 0) is 71.1 Å². The molecular formula is C22H30F6O5. The van der Waals surface area contributed by atoms with E-state index in [1.54, 1.807) is 13.8 Å². The summed E-state index contributed by atoms with van der Waals surface area (Å²) in [6, 6.07) is 0. The van der Waals surface area contributed by atoms with E-state index in [4.69, 9.17) is 9.47 Å². The number of carbonyl (C=O) groups is 2. The highest BCUT2D eigenvalue weighted by atomic mass is 19.4. The SMILES string of the molecule is CCC(C)(C)C(=O)OC12CC3CC(C1)CC(OC(C)C(=O)OC(C(F)(F)F)C(F)(F)F)(C3)C2. The van der Waals surface area contributed by atoms with Gasteiger partial charge in [-0.15, -0.1) is 0 Å². The minimum absolute atomic E-state index is 0.130. The van der Waals surface area contributed by atoms with Crippen LogP contribution in [0.4, 0.5) is 26.3 Å². The summed E-state index contributed by atoms with van der Waals surface area (Å²) in [7, 11) is 0. The Morgan fingerprint density at radius 2 is 1.42 bits per heavy atom. The average molecular weight is 488 g/mol. The summed E-state index contributed by atoms with van der Waals surface area (Å²) in [5.41, 5.74) is -2.47. The smallest absolute Gasteiger partial charge is 0.434 e. The van der Waals surface area contributed by atoms with Crippen molar-refractivity contribution in [2.45, 2.75) is 108 Å². The highest BCUT2D eigenvalue weighted by Gasteiger charge is 2.63. The molecular weight excluding hydrogens is 458 g/mol. The summed E-state index contributed by atoms with van der Waals surface area (Å²) in [5.74, 6) is -1.83. The lowest BCUT2D eigenvalue weighted by molar-refractivity contribution is -0.317. The van der Waals surface area contributed by atoms with Crippen molar-refractivity contribution in [2.24, 2.45) is 17.3 Å². The van der Waals surface area contributed by atoms with Crippen LogP contribution in [-0.4, -0.2) is 47.7 Å². The minimum atomic E-state index is -5.79. The van der Waals surface area contributed by atoms with Crippen LogP contribution in [0.15, 0.2) is 0 Å². The molecule has 0 amide bonds. The van der Waals surface area contributed by atoms with E-state index >= 15 is 0 Å². The van der Waals surface area contributed by atoms with E-state index in [1.165, 1.54) is 0 Å². The zero-order valence-corrected chi connectivity index (χ0v) is 19.1. The van der Waals surface area contributed by atoms with E-state index in [-0.39, 0.29) is 24.2 Å². The van der Waals surface area contributed by atoms with Gasteiger partial charge in [0.1, 0.15) is 5.60 Å². The number of ether oxygens (including phenoxy) is 3. The van der Waals surface area contributed by atoms with Gasteiger partial charge >= 0.3 is 24.3 Å². The Kier molecular flexibility index (Phi) is 6.57. The molecule has 4 aliphatic rings. The molecule has 0 aliphatic heterocycles. The standard InChI is InChI=1S/C22H30F6O5/c1-5-18(3,4)17(30)33-20-9-13-6-14(10-20)8-19(7-13,11-20)32-12(2)15(29)31-16(21(23,24)25)22(26,27)28/h12-14,16H,5-11H2,1-4H3. The van der Waals surface area contributed by atoms with Crippen LogP contribution >= 0.6 is 0 Å². The third-order valence-corrected chi connectivity index (χ3v) is 7.29. The molecule has 4 saturated carbocycles. The maximum absolute atomic E-state index is 12.8. The first kappa shape index (κ1) is 26.1. The van der Waals surface area contributed by atoms with E-state index in [0.717, 1.165) is 13.3 Å². The van der Waals surface area contributed by atoms with Crippen molar-refractivity contribution in [3.8, 4) is 0 Å². The Hall–Kier alpha value is -1.52. The van der Waals surface area contributed by atoms with E-state index in [9.17, 15) is 35.9 Å². The molecule has 0 aromatic heterocycles. The molecule has 0 saturated heterocycles. The molecule has 4 bridgehead atoms. The van der Waals surface area contributed by atoms with Crippen LogP contribution in [0, 0.1) is 17.3 Å². The van der Waals surface area contributed by atoms with Gasteiger partial charge in [-0.2, -0.15) is 26.3 Å². The fourth-order valence-electron chi connectivity index (χ4n) is 5.79. The number of halogens is 6. The molecule has 3 unspecified atom stereocenters. The maximum Gasteiger partial charge on any atom is 0.434 e. The average Bonchev–Trinajstić information content (AvgIpc) is 2.61. The van der Waals surface area contributed by atoms with Crippen molar-refractivity contribution < 1.29 is 50.1 Å². The first-order chi connectivity index (χ1) is 14.9. The van der Waals surface area contributed by atoms with Crippen LogP contribution in [0.5, 0.6) is 0 Å². The van der Waals surface area contributed by atoms with Crippen molar-refractivity contribution in [2.75, 3.05) is 0 Å². The molecule has 0 aromatic carbocycles. The minimum Gasteiger partial charge on any atom is -0.459 e. The Balaban J connectivity index is 1.74. The molecule has 0 spiro atoms. The first-order valence-electron chi connectivity index (χ1n) is 11.2.